The highest BCUT2D eigenvalue weighted by atomic mass is 35.5. The second-order valence-electron chi connectivity index (χ2n) is 5.02. The lowest BCUT2D eigenvalue weighted by Crippen LogP contribution is -2.58. The lowest BCUT2D eigenvalue weighted by molar-refractivity contribution is -0.153. The highest BCUT2D eigenvalue weighted by Crippen LogP contribution is 2.26. The highest BCUT2D eigenvalue weighted by Gasteiger charge is 2.41. The molecule has 1 aromatic rings. The molecule has 2 aliphatic rings. The summed E-state index contributed by atoms with van der Waals surface area (Å²) in [6.45, 7) is 0.796. The number of amides is 2. The third kappa shape index (κ3) is 2.65. The lowest BCUT2D eigenvalue weighted by atomic mass is 10.1. The zero-order valence-corrected chi connectivity index (χ0v) is 12.5. The number of carbonyl (C=O) groups excluding carboxylic acids is 2. The number of halogens is 1. The first-order valence-corrected chi connectivity index (χ1v) is 8.09. The largest absolute Gasteiger partial charge is 0.331 e. The van der Waals surface area contributed by atoms with E-state index in [-0.39, 0.29) is 24.4 Å². The minimum Gasteiger partial charge on any atom is -0.331 e. The molecule has 2 saturated heterocycles. The Kier molecular flexibility index (Phi) is 3.89. The maximum absolute atomic E-state index is 12.3. The van der Waals surface area contributed by atoms with E-state index in [9.17, 15) is 9.59 Å². The molecule has 2 fully saturated rings. The van der Waals surface area contributed by atoms with Crippen LogP contribution in [0.25, 0.3) is 0 Å². The zero-order valence-electron chi connectivity index (χ0n) is 10.9. The molecule has 106 valence electrons. The van der Waals surface area contributed by atoms with Gasteiger partial charge in [0.25, 0.3) is 0 Å². The van der Waals surface area contributed by atoms with Crippen molar-refractivity contribution in [2.24, 2.45) is 0 Å². The normalized spacial score (nSPS) is 22.4. The summed E-state index contributed by atoms with van der Waals surface area (Å²) in [5, 5.41) is 0.705. The van der Waals surface area contributed by atoms with E-state index < -0.39 is 0 Å². The molecule has 2 aliphatic heterocycles. The monoisotopic (exact) mass is 310 g/mol. The van der Waals surface area contributed by atoms with Crippen LogP contribution >= 0.6 is 23.4 Å². The summed E-state index contributed by atoms with van der Waals surface area (Å²) in [4.78, 5) is 27.7. The van der Waals surface area contributed by atoms with Crippen LogP contribution < -0.4 is 0 Å². The van der Waals surface area contributed by atoms with Crippen LogP contribution in [-0.2, 0) is 16.0 Å². The van der Waals surface area contributed by atoms with Crippen LogP contribution in [0.15, 0.2) is 24.3 Å². The van der Waals surface area contributed by atoms with Crippen LogP contribution in [0.1, 0.15) is 5.56 Å². The number of piperazine rings is 1. The Morgan fingerprint density at radius 2 is 2.00 bits per heavy atom. The molecule has 3 rings (SSSR count). The summed E-state index contributed by atoms with van der Waals surface area (Å²) in [5.41, 5.74) is 1.12. The van der Waals surface area contributed by atoms with Crippen molar-refractivity contribution in [2.45, 2.75) is 12.5 Å². The topological polar surface area (TPSA) is 40.6 Å². The van der Waals surface area contributed by atoms with Crippen molar-refractivity contribution in [3.63, 3.8) is 0 Å². The Labute approximate surface area is 127 Å². The predicted octanol–water partition coefficient (Wildman–Crippen LogP) is 1.63. The van der Waals surface area contributed by atoms with Crippen molar-refractivity contribution in [3.8, 4) is 0 Å². The van der Waals surface area contributed by atoms with Gasteiger partial charge in [-0.3, -0.25) is 9.59 Å². The average molecular weight is 311 g/mol. The number of rotatable bonds is 3. The predicted molar refractivity (Wildman–Crippen MR) is 79.7 cm³/mol. The van der Waals surface area contributed by atoms with Gasteiger partial charge in [0, 0.05) is 17.3 Å². The van der Waals surface area contributed by atoms with E-state index in [0.29, 0.717) is 17.4 Å². The molecule has 20 heavy (non-hydrogen) atoms. The average Bonchev–Trinajstić information content (AvgIpc) is 2.93. The minimum atomic E-state index is -0.244. The molecule has 0 bridgehead atoms. The number of thioether (sulfide) groups is 1. The van der Waals surface area contributed by atoms with Gasteiger partial charge < -0.3 is 9.80 Å². The molecule has 0 N–H and O–H groups in total. The van der Waals surface area contributed by atoms with E-state index in [0.717, 1.165) is 17.7 Å². The molecule has 6 heteroatoms. The van der Waals surface area contributed by atoms with E-state index in [2.05, 4.69) is 0 Å². The van der Waals surface area contributed by atoms with Gasteiger partial charge in [0.2, 0.25) is 11.8 Å². The fraction of sp³-hybridized carbons (Fsp3) is 0.429. The molecule has 2 amide bonds. The molecule has 0 aromatic heterocycles. The molecule has 1 atom stereocenters. The van der Waals surface area contributed by atoms with Gasteiger partial charge in [-0.2, -0.15) is 0 Å². The van der Waals surface area contributed by atoms with Gasteiger partial charge in [-0.25, -0.2) is 0 Å². The van der Waals surface area contributed by atoms with Gasteiger partial charge in [0.15, 0.2) is 0 Å². The van der Waals surface area contributed by atoms with Gasteiger partial charge in [-0.15, -0.1) is 11.8 Å². The number of fused-ring (bicyclic) bond motifs is 1. The number of nitrogens with zero attached hydrogens (tertiary/aromatic N) is 2. The molecule has 0 spiro atoms. The Morgan fingerprint density at radius 3 is 2.75 bits per heavy atom. The van der Waals surface area contributed by atoms with E-state index >= 15 is 0 Å². The van der Waals surface area contributed by atoms with E-state index in [1.165, 1.54) is 0 Å². The first-order valence-electron chi connectivity index (χ1n) is 6.55. The number of hydrogen-bond acceptors (Lipinski definition) is 3. The van der Waals surface area contributed by atoms with Crippen molar-refractivity contribution in [2.75, 3.05) is 24.7 Å². The quantitative estimate of drug-likeness (QED) is 0.852. The summed E-state index contributed by atoms with van der Waals surface area (Å²) in [6.07, 6.45) is 0.746. The van der Waals surface area contributed by atoms with Crippen LogP contribution in [0.3, 0.4) is 0 Å². The van der Waals surface area contributed by atoms with Crippen LogP contribution in [0.2, 0.25) is 5.02 Å². The molecule has 1 aromatic carbocycles. The SMILES string of the molecule is O=C1[C@@H]2CSCN2C(=O)CN1CCc1ccc(Cl)cc1. The van der Waals surface area contributed by atoms with Crippen molar-refractivity contribution >= 4 is 35.2 Å². The first-order chi connectivity index (χ1) is 9.65. The third-order valence-corrected chi connectivity index (χ3v) is 4.97. The molecule has 0 aliphatic carbocycles. The molecule has 0 unspecified atom stereocenters. The summed E-state index contributed by atoms with van der Waals surface area (Å²) >= 11 is 7.49. The minimum absolute atomic E-state index is 0.0655. The summed E-state index contributed by atoms with van der Waals surface area (Å²) in [6, 6.07) is 7.35. The van der Waals surface area contributed by atoms with Gasteiger partial charge in [-0.1, -0.05) is 23.7 Å². The fourth-order valence-corrected chi connectivity index (χ4v) is 3.84. The molecule has 2 heterocycles. The molecule has 0 saturated carbocycles. The van der Waals surface area contributed by atoms with E-state index in [4.69, 9.17) is 11.6 Å². The molecular formula is C14H15ClN2O2S. The zero-order chi connectivity index (χ0) is 14.1. The summed E-state index contributed by atoms with van der Waals surface area (Å²) < 4.78 is 0. The van der Waals surface area contributed by atoms with Crippen LogP contribution in [0.5, 0.6) is 0 Å². The van der Waals surface area contributed by atoms with Gasteiger partial charge >= 0.3 is 0 Å². The number of carbonyl (C=O) groups is 2. The van der Waals surface area contributed by atoms with E-state index in [1.807, 2.05) is 24.3 Å². The van der Waals surface area contributed by atoms with Crippen LogP contribution in [0, 0.1) is 0 Å². The Bertz CT molecular complexity index is 534. The van der Waals surface area contributed by atoms with Crippen LogP contribution in [0.4, 0.5) is 0 Å². The lowest BCUT2D eigenvalue weighted by Gasteiger charge is -2.35. The molecule has 4 nitrogen and oxygen atoms in total. The van der Waals surface area contributed by atoms with E-state index in [1.54, 1.807) is 21.6 Å². The Balaban J connectivity index is 1.64. The number of hydrogen-bond donors (Lipinski definition) is 0. The second-order valence-corrected chi connectivity index (χ2v) is 6.45. The maximum Gasteiger partial charge on any atom is 0.246 e. The fourth-order valence-electron chi connectivity index (χ4n) is 2.54. The second kappa shape index (κ2) is 5.66. The maximum atomic E-state index is 12.3. The van der Waals surface area contributed by atoms with Crippen molar-refractivity contribution in [1.29, 1.82) is 0 Å². The summed E-state index contributed by atoms with van der Waals surface area (Å²) in [7, 11) is 0. The standard InChI is InChI=1S/C14H15ClN2O2S/c15-11-3-1-10(2-4-11)5-6-16-7-13(18)17-9-20-8-12(17)14(16)19/h1-4,12H,5-9H2/t12-/m0/s1. The Morgan fingerprint density at radius 1 is 1.25 bits per heavy atom. The first kappa shape index (κ1) is 13.8. The van der Waals surface area contributed by atoms with Crippen molar-refractivity contribution < 1.29 is 9.59 Å². The van der Waals surface area contributed by atoms with Crippen molar-refractivity contribution in [3.05, 3.63) is 34.9 Å². The highest BCUT2D eigenvalue weighted by molar-refractivity contribution is 7.99. The molecular weight excluding hydrogens is 296 g/mol. The van der Waals surface area contributed by atoms with Crippen LogP contribution in [-0.4, -0.2) is 52.4 Å². The Hall–Kier alpha value is -1.20. The van der Waals surface area contributed by atoms with Gasteiger partial charge in [0.1, 0.15) is 6.04 Å². The smallest absolute Gasteiger partial charge is 0.246 e. The van der Waals surface area contributed by atoms with Gasteiger partial charge in [0.05, 0.1) is 12.4 Å². The third-order valence-electron chi connectivity index (χ3n) is 3.71. The number of benzene rings is 1. The van der Waals surface area contributed by atoms with Crippen molar-refractivity contribution in [1.82, 2.24) is 9.80 Å². The van der Waals surface area contributed by atoms with Gasteiger partial charge in [-0.05, 0) is 24.1 Å². The summed E-state index contributed by atoms with van der Waals surface area (Å²) in [5.74, 6) is 1.53. The molecule has 0 radical (unpaired) electrons.